The largest absolute Gasteiger partial charge is 0.376 e. The summed E-state index contributed by atoms with van der Waals surface area (Å²) in [6, 6.07) is 14.4. The van der Waals surface area contributed by atoms with E-state index in [4.69, 9.17) is 23.2 Å². The number of carbonyl (C=O) groups is 2. The van der Waals surface area contributed by atoms with Gasteiger partial charge in [-0.25, -0.2) is 0 Å². The summed E-state index contributed by atoms with van der Waals surface area (Å²) >= 11 is 11.9. The van der Waals surface area contributed by atoms with Crippen molar-refractivity contribution in [3.63, 3.8) is 0 Å². The van der Waals surface area contributed by atoms with E-state index >= 15 is 0 Å². The summed E-state index contributed by atoms with van der Waals surface area (Å²) in [5, 5.41) is 3.98. The molecule has 0 aliphatic carbocycles. The van der Waals surface area contributed by atoms with Crippen LogP contribution in [0.4, 0.5) is 5.69 Å². The molecule has 1 fully saturated rings. The third-order valence-electron chi connectivity index (χ3n) is 4.25. The Morgan fingerprint density at radius 3 is 2.08 bits per heavy atom. The van der Waals surface area contributed by atoms with E-state index in [0.717, 1.165) is 5.69 Å². The SMILES string of the molecule is O=C(CNc1ccccc1)N1CCN(C(=O)c2cc(Cl)cc(Cl)c2)CC1. The number of carbonyl (C=O) groups excluding carboxylic acids is 2. The van der Waals surface area contributed by atoms with E-state index in [9.17, 15) is 9.59 Å². The predicted molar refractivity (Wildman–Crippen MR) is 104 cm³/mol. The van der Waals surface area contributed by atoms with Crippen LogP contribution in [0, 0.1) is 0 Å². The van der Waals surface area contributed by atoms with E-state index < -0.39 is 0 Å². The number of para-hydroxylation sites is 1. The van der Waals surface area contributed by atoms with Crippen molar-refractivity contribution in [2.24, 2.45) is 0 Å². The van der Waals surface area contributed by atoms with E-state index in [2.05, 4.69) is 5.32 Å². The van der Waals surface area contributed by atoms with Crippen LogP contribution in [0.3, 0.4) is 0 Å². The van der Waals surface area contributed by atoms with Crippen LogP contribution in [0.5, 0.6) is 0 Å². The first-order valence-electron chi connectivity index (χ1n) is 8.35. The molecule has 0 bridgehead atoms. The summed E-state index contributed by atoms with van der Waals surface area (Å²) in [6.07, 6.45) is 0. The molecule has 0 unspecified atom stereocenters. The molecule has 1 heterocycles. The number of hydrogen-bond acceptors (Lipinski definition) is 3. The molecule has 0 spiro atoms. The molecule has 0 aromatic heterocycles. The summed E-state index contributed by atoms with van der Waals surface area (Å²) in [5.41, 5.74) is 1.38. The zero-order chi connectivity index (χ0) is 18.5. The maximum absolute atomic E-state index is 12.6. The minimum atomic E-state index is -0.121. The Bertz CT molecular complexity index is 770. The fraction of sp³-hybridized carbons (Fsp3) is 0.263. The van der Waals surface area contributed by atoms with Gasteiger partial charge in [0.25, 0.3) is 5.91 Å². The molecule has 2 aromatic carbocycles. The van der Waals surface area contributed by atoms with Crippen LogP contribution in [-0.2, 0) is 4.79 Å². The number of hydrogen-bond donors (Lipinski definition) is 1. The summed E-state index contributed by atoms with van der Waals surface area (Å²) < 4.78 is 0. The van der Waals surface area contributed by atoms with Crippen LogP contribution in [0.15, 0.2) is 48.5 Å². The molecule has 0 saturated carbocycles. The van der Waals surface area contributed by atoms with Crippen molar-refractivity contribution in [3.8, 4) is 0 Å². The van der Waals surface area contributed by atoms with Crippen molar-refractivity contribution in [2.45, 2.75) is 0 Å². The van der Waals surface area contributed by atoms with Gasteiger partial charge in [-0.05, 0) is 30.3 Å². The molecule has 2 aromatic rings. The smallest absolute Gasteiger partial charge is 0.254 e. The molecular weight excluding hydrogens is 373 g/mol. The normalized spacial score (nSPS) is 14.2. The number of anilines is 1. The fourth-order valence-corrected chi connectivity index (χ4v) is 3.39. The minimum absolute atomic E-state index is 0.0201. The molecule has 1 saturated heterocycles. The maximum atomic E-state index is 12.6. The van der Waals surface area contributed by atoms with Crippen molar-refractivity contribution in [2.75, 3.05) is 38.0 Å². The Balaban J connectivity index is 1.52. The molecular formula is C19H19Cl2N3O2. The van der Waals surface area contributed by atoms with E-state index in [-0.39, 0.29) is 18.4 Å². The number of nitrogens with one attached hydrogen (secondary N) is 1. The van der Waals surface area contributed by atoms with Gasteiger partial charge in [-0.2, -0.15) is 0 Å². The highest BCUT2D eigenvalue weighted by molar-refractivity contribution is 6.35. The van der Waals surface area contributed by atoms with Crippen LogP contribution in [0.1, 0.15) is 10.4 Å². The number of benzene rings is 2. The van der Waals surface area contributed by atoms with Gasteiger partial charge in [0.15, 0.2) is 0 Å². The lowest BCUT2D eigenvalue weighted by atomic mass is 10.2. The second-order valence-corrected chi connectivity index (χ2v) is 6.92. The highest BCUT2D eigenvalue weighted by Gasteiger charge is 2.25. The second-order valence-electron chi connectivity index (χ2n) is 6.05. The standard InChI is InChI=1S/C19H19Cl2N3O2/c20-15-10-14(11-16(21)12-15)19(26)24-8-6-23(7-9-24)18(25)13-22-17-4-2-1-3-5-17/h1-5,10-12,22H,6-9,13H2. The summed E-state index contributed by atoms with van der Waals surface area (Å²) in [5.74, 6) is -0.101. The number of nitrogens with zero attached hydrogens (tertiary/aromatic N) is 2. The average molecular weight is 392 g/mol. The van der Waals surface area contributed by atoms with Crippen LogP contribution in [0.2, 0.25) is 10.0 Å². The molecule has 1 aliphatic heterocycles. The lowest BCUT2D eigenvalue weighted by Crippen LogP contribution is -2.51. The lowest BCUT2D eigenvalue weighted by Gasteiger charge is -2.35. The first-order chi connectivity index (χ1) is 12.5. The van der Waals surface area contributed by atoms with Crippen LogP contribution in [0.25, 0.3) is 0 Å². The number of halogens is 2. The molecule has 7 heteroatoms. The first-order valence-corrected chi connectivity index (χ1v) is 9.10. The van der Waals surface area contributed by atoms with E-state index in [1.807, 2.05) is 30.3 Å². The Morgan fingerprint density at radius 1 is 0.885 bits per heavy atom. The maximum Gasteiger partial charge on any atom is 0.254 e. The fourth-order valence-electron chi connectivity index (χ4n) is 2.86. The van der Waals surface area contributed by atoms with Gasteiger partial charge in [0, 0.05) is 47.5 Å². The highest BCUT2D eigenvalue weighted by Crippen LogP contribution is 2.20. The molecule has 26 heavy (non-hydrogen) atoms. The lowest BCUT2D eigenvalue weighted by molar-refractivity contribution is -0.130. The number of piperazine rings is 1. The van der Waals surface area contributed by atoms with Crippen molar-refractivity contribution in [1.82, 2.24) is 9.80 Å². The monoisotopic (exact) mass is 391 g/mol. The zero-order valence-corrected chi connectivity index (χ0v) is 15.6. The molecule has 0 radical (unpaired) electrons. The first kappa shape index (κ1) is 18.5. The van der Waals surface area contributed by atoms with Crippen molar-refractivity contribution < 1.29 is 9.59 Å². The Morgan fingerprint density at radius 2 is 1.46 bits per heavy atom. The van der Waals surface area contributed by atoms with E-state index in [1.165, 1.54) is 0 Å². The van der Waals surface area contributed by atoms with Gasteiger partial charge in [-0.1, -0.05) is 41.4 Å². The van der Waals surface area contributed by atoms with Crippen LogP contribution >= 0.6 is 23.2 Å². The topological polar surface area (TPSA) is 52.7 Å². The molecule has 3 rings (SSSR count). The van der Waals surface area contributed by atoms with Crippen molar-refractivity contribution in [1.29, 1.82) is 0 Å². The number of amides is 2. The predicted octanol–water partition coefficient (Wildman–Crippen LogP) is 3.39. The van der Waals surface area contributed by atoms with Gasteiger partial charge >= 0.3 is 0 Å². The molecule has 5 nitrogen and oxygen atoms in total. The minimum Gasteiger partial charge on any atom is -0.376 e. The Kier molecular flexibility index (Phi) is 6.01. The average Bonchev–Trinajstić information content (AvgIpc) is 2.65. The van der Waals surface area contributed by atoms with Gasteiger partial charge < -0.3 is 15.1 Å². The van der Waals surface area contributed by atoms with Crippen LogP contribution in [-0.4, -0.2) is 54.3 Å². The van der Waals surface area contributed by atoms with Crippen molar-refractivity contribution in [3.05, 3.63) is 64.1 Å². The zero-order valence-electron chi connectivity index (χ0n) is 14.1. The molecule has 2 amide bonds. The van der Waals surface area contributed by atoms with E-state index in [1.54, 1.807) is 28.0 Å². The third-order valence-corrected chi connectivity index (χ3v) is 4.68. The highest BCUT2D eigenvalue weighted by atomic mass is 35.5. The van der Waals surface area contributed by atoms with Gasteiger partial charge in [0.05, 0.1) is 6.54 Å². The molecule has 1 aliphatic rings. The Hall–Kier alpha value is -2.24. The van der Waals surface area contributed by atoms with Gasteiger partial charge in [-0.3, -0.25) is 9.59 Å². The third kappa shape index (κ3) is 4.68. The van der Waals surface area contributed by atoms with Gasteiger partial charge in [0.2, 0.25) is 5.91 Å². The second kappa shape index (κ2) is 8.43. The van der Waals surface area contributed by atoms with E-state index in [0.29, 0.717) is 41.8 Å². The number of rotatable bonds is 4. The summed E-state index contributed by atoms with van der Waals surface area (Å²) in [6.45, 7) is 2.23. The Labute approximate surface area is 162 Å². The quantitative estimate of drug-likeness (QED) is 0.868. The molecule has 1 N–H and O–H groups in total. The molecule has 136 valence electrons. The summed E-state index contributed by atoms with van der Waals surface area (Å²) in [4.78, 5) is 28.4. The van der Waals surface area contributed by atoms with Gasteiger partial charge in [-0.15, -0.1) is 0 Å². The van der Waals surface area contributed by atoms with Crippen LogP contribution < -0.4 is 5.32 Å². The van der Waals surface area contributed by atoms with Gasteiger partial charge in [0.1, 0.15) is 0 Å². The molecule has 0 atom stereocenters. The van der Waals surface area contributed by atoms with Crippen molar-refractivity contribution >= 4 is 40.7 Å². The summed E-state index contributed by atoms with van der Waals surface area (Å²) in [7, 11) is 0.